The average Bonchev–Trinajstić information content (AvgIpc) is 2.34. The van der Waals surface area contributed by atoms with Crippen molar-refractivity contribution in [2.75, 3.05) is 0 Å². The molecular formula is C9H9Br. The van der Waals surface area contributed by atoms with E-state index >= 15 is 0 Å². The molecule has 0 amide bonds. The summed E-state index contributed by atoms with van der Waals surface area (Å²) in [6.45, 7) is 0. The fourth-order valence-corrected chi connectivity index (χ4v) is 2.18. The lowest BCUT2D eigenvalue weighted by molar-refractivity contribution is 0.903. The lowest BCUT2D eigenvalue weighted by Crippen LogP contribution is -1.80. The van der Waals surface area contributed by atoms with Gasteiger partial charge in [0.1, 0.15) is 0 Å². The van der Waals surface area contributed by atoms with Gasteiger partial charge in [0.2, 0.25) is 0 Å². The van der Waals surface area contributed by atoms with E-state index in [0.717, 1.165) is 0 Å². The van der Waals surface area contributed by atoms with E-state index in [1.54, 1.807) is 0 Å². The monoisotopic (exact) mass is 196 g/mol. The number of alkyl halides is 1. The highest BCUT2D eigenvalue weighted by atomic mass is 79.9. The summed E-state index contributed by atoms with van der Waals surface area (Å²) in [5.41, 5.74) is 3.01. The summed E-state index contributed by atoms with van der Waals surface area (Å²) >= 11 is 3.64. The Labute approximate surface area is 69.4 Å². The maximum absolute atomic E-state index is 3.64. The van der Waals surface area contributed by atoms with E-state index in [0.29, 0.717) is 4.83 Å². The van der Waals surface area contributed by atoms with Gasteiger partial charge in [-0.3, -0.25) is 0 Å². The van der Waals surface area contributed by atoms with Crippen molar-refractivity contribution in [1.82, 2.24) is 0 Å². The molecule has 1 heteroatoms. The third kappa shape index (κ3) is 0.891. The number of hydrogen-bond acceptors (Lipinski definition) is 0. The second-order valence-electron chi connectivity index (χ2n) is 2.71. The number of aryl methyl sites for hydroxylation is 1. The molecule has 1 aromatic carbocycles. The maximum Gasteiger partial charge on any atom is 0.0401 e. The van der Waals surface area contributed by atoms with Gasteiger partial charge in [-0.05, 0) is 24.0 Å². The minimum atomic E-state index is 0.615. The highest BCUT2D eigenvalue weighted by Gasteiger charge is 2.17. The van der Waals surface area contributed by atoms with Crippen molar-refractivity contribution in [2.24, 2.45) is 0 Å². The van der Waals surface area contributed by atoms with Crippen LogP contribution in [0.25, 0.3) is 0 Å². The second kappa shape index (κ2) is 2.39. The maximum atomic E-state index is 3.64. The van der Waals surface area contributed by atoms with Crippen LogP contribution in [0.15, 0.2) is 24.3 Å². The molecule has 1 aromatic rings. The first-order valence-electron chi connectivity index (χ1n) is 3.60. The molecule has 0 bridgehead atoms. The summed E-state index contributed by atoms with van der Waals surface area (Å²) in [6, 6.07) is 8.65. The molecule has 10 heavy (non-hydrogen) atoms. The van der Waals surface area contributed by atoms with E-state index in [2.05, 4.69) is 40.2 Å². The number of halogens is 1. The molecule has 1 aliphatic carbocycles. The Morgan fingerprint density at radius 2 is 2.10 bits per heavy atom. The highest BCUT2D eigenvalue weighted by molar-refractivity contribution is 9.09. The molecule has 52 valence electrons. The summed E-state index contributed by atoms with van der Waals surface area (Å²) in [5.74, 6) is 0. The number of hydrogen-bond donors (Lipinski definition) is 0. The van der Waals surface area contributed by atoms with Crippen molar-refractivity contribution in [3.8, 4) is 0 Å². The summed E-state index contributed by atoms with van der Waals surface area (Å²) in [4.78, 5) is 0.615. The summed E-state index contributed by atoms with van der Waals surface area (Å²) in [5, 5.41) is 0. The van der Waals surface area contributed by atoms with Crippen molar-refractivity contribution in [3.63, 3.8) is 0 Å². The topological polar surface area (TPSA) is 0 Å². The largest absolute Gasteiger partial charge is 0.0839 e. The van der Waals surface area contributed by atoms with Crippen LogP contribution < -0.4 is 0 Å². The molecular weight excluding hydrogens is 188 g/mol. The zero-order valence-corrected chi connectivity index (χ0v) is 7.26. The summed E-state index contributed by atoms with van der Waals surface area (Å²) in [6.07, 6.45) is 2.51. The standard InChI is InChI=1S/C9H9Br/c10-9-6-5-7-3-1-2-4-8(7)9/h1-4,9H,5-6H2/t9-/m0/s1. The van der Waals surface area contributed by atoms with Crippen LogP contribution in [0, 0.1) is 0 Å². The smallest absolute Gasteiger partial charge is 0.0401 e. The Balaban J connectivity index is 2.51. The van der Waals surface area contributed by atoms with Gasteiger partial charge >= 0.3 is 0 Å². The molecule has 0 spiro atoms. The molecule has 0 heterocycles. The molecule has 0 N–H and O–H groups in total. The third-order valence-electron chi connectivity index (χ3n) is 2.06. The fraction of sp³-hybridized carbons (Fsp3) is 0.333. The SMILES string of the molecule is Br[C@H]1CCc2ccccc21. The Hall–Kier alpha value is -0.300. The van der Waals surface area contributed by atoms with Crippen LogP contribution in [-0.4, -0.2) is 0 Å². The van der Waals surface area contributed by atoms with E-state index in [4.69, 9.17) is 0 Å². The molecule has 1 atom stereocenters. The van der Waals surface area contributed by atoms with E-state index in [1.165, 1.54) is 24.0 Å². The molecule has 0 aromatic heterocycles. The molecule has 2 rings (SSSR count). The zero-order chi connectivity index (χ0) is 6.97. The summed E-state index contributed by atoms with van der Waals surface area (Å²) < 4.78 is 0. The predicted molar refractivity (Wildman–Crippen MR) is 46.4 cm³/mol. The average molecular weight is 197 g/mol. The van der Waals surface area contributed by atoms with Crippen LogP contribution in [0.3, 0.4) is 0 Å². The molecule has 1 aliphatic rings. The van der Waals surface area contributed by atoms with Crippen LogP contribution in [0.4, 0.5) is 0 Å². The van der Waals surface area contributed by atoms with Crippen molar-refractivity contribution in [1.29, 1.82) is 0 Å². The lowest BCUT2D eigenvalue weighted by Gasteiger charge is -1.99. The van der Waals surface area contributed by atoms with Crippen molar-refractivity contribution >= 4 is 15.9 Å². The van der Waals surface area contributed by atoms with Gasteiger partial charge < -0.3 is 0 Å². The quantitative estimate of drug-likeness (QED) is 0.560. The fourth-order valence-electron chi connectivity index (χ4n) is 1.51. The molecule has 0 nitrogen and oxygen atoms in total. The first kappa shape index (κ1) is 6.41. The zero-order valence-electron chi connectivity index (χ0n) is 5.68. The summed E-state index contributed by atoms with van der Waals surface area (Å²) in [7, 11) is 0. The highest BCUT2D eigenvalue weighted by Crippen LogP contribution is 2.36. The molecule has 0 unspecified atom stereocenters. The van der Waals surface area contributed by atoms with Crippen LogP contribution in [0.1, 0.15) is 22.4 Å². The van der Waals surface area contributed by atoms with Crippen molar-refractivity contribution in [3.05, 3.63) is 35.4 Å². The minimum absolute atomic E-state index is 0.615. The van der Waals surface area contributed by atoms with Crippen molar-refractivity contribution < 1.29 is 0 Å². The predicted octanol–water partition coefficient (Wildman–Crippen LogP) is 3.07. The lowest BCUT2D eigenvalue weighted by atomic mass is 10.1. The molecule has 0 saturated heterocycles. The van der Waals surface area contributed by atoms with Crippen molar-refractivity contribution in [2.45, 2.75) is 17.7 Å². The molecule has 0 aliphatic heterocycles. The Kier molecular flexibility index (Phi) is 1.53. The van der Waals surface area contributed by atoms with Gasteiger partial charge in [0.25, 0.3) is 0 Å². The van der Waals surface area contributed by atoms with Gasteiger partial charge in [-0.15, -0.1) is 0 Å². The number of fused-ring (bicyclic) bond motifs is 1. The van der Waals surface area contributed by atoms with E-state index < -0.39 is 0 Å². The van der Waals surface area contributed by atoms with E-state index in [-0.39, 0.29) is 0 Å². The Morgan fingerprint density at radius 1 is 1.30 bits per heavy atom. The Morgan fingerprint density at radius 3 is 2.90 bits per heavy atom. The van der Waals surface area contributed by atoms with Gasteiger partial charge in [-0.2, -0.15) is 0 Å². The number of rotatable bonds is 0. The van der Waals surface area contributed by atoms with Gasteiger partial charge in [0.15, 0.2) is 0 Å². The number of benzene rings is 1. The second-order valence-corrected chi connectivity index (χ2v) is 3.81. The van der Waals surface area contributed by atoms with Crippen LogP contribution in [0.5, 0.6) is 0 Å². The molecule has 0 saturated carbocycles. The van der Waals surface area contributed by atoms with Crippen LogP contribution >= 0.6 is 15.9 Å². The Bertz CT molecular complexity index is 242. The first-order chi connectivity index (χ1) is 4.88. The van der Waals surface area contributed by atoms with E-state index in [1.807, 2.05) is 0 Å². The third-order valence-corrected chi connectivity index (χ3v) is 3.01. The molecule has 0 fully saturated rings. The van der Waals surface area contributed by atoms with Crippen LogP contribution in [-0.2, 0) is 6.42 Å². The first-order valence-corrected chi connectivity index (χ1v) is 4.51. The van der Waals surface area contributed by atoms with Crippen LogP contribution in [0.2, 0.25) is 0 Å². The van der Waals surface area contributed by atoms with E-state index in [9.17, 15) is 0 Å². The van der Waals surface area contributed by atoms with Gasteiger partial charge in [0.05, 0.1) is 0 Å². The van der Waals surface area contributed by atoms with Gasteiger partial charge in [0, 0.05) is 4.83 Å². The minimum Gasteiger partial charge on any atom is -0.0839 e. The molecule has 0 radical (unpaired) electrons. The van der Waals surface area contributed by atoms with Gasteiger partial charge in [-0.1, -0.05) is 40.2 Å². The van der Waals surface area contributed by atoms with Gasteiger partial charge in [-0.25, -0.2) is 0 Å². The normalized spacial score (nSPS) is 22.7.